The molecule has 0 radical (unpaired) electrons. The predicted octanol–water partition coefficient (Wildman–Crippen LogP) is 17.1. The summed E-state index contributed by atoms with van der Waals surface area (Å²) in [6, 6.07) is 83.1. The molecule has 2 aliphatic rings. The van der Waals surface area contributed by atoms with Gasteiger partial charge < -0.3 is 9.32 Å². The zero-order valence-corrected chi connectivity index (χ0v) is 35.4. The molecule has 298 valence electrons. The monoisotopic (exact) mass is 831 g/mol. The number of furan rings is 1. The minimum atomic E-state index is -0.594. The number of para-hydroxylation sites is 1. The summed E-state index contributed by atoms with van der Waals surface area (Å²) in [7, 11) is 0. The molecule has 0 aliphatic heterocycles. The van der Waals surface area contributed by atoms with Gasteiger partial charge in [0.15, 0.2) is 0 Å². The van der Waals surface area contributed by atoms with E-state index < -0.39 is 5.41 Å². The molecule has 0 fully saturated rings. The van der Waals surface area contributed by atoms with Crippen molar-refractivity contribution in [3.8, 4) is 44.5 Å². The Morgan fingerprint density at radius 2 is 0.859 bits per heavy atom. The molecule has 12 aromatic rings. The zero-order valence-electron chi connectivity index (χ0n) is 34.6. The van der Waals surface area contributed by atoms with Crippen molar-refractivity contribution in [2.45, 2.75) is 5.41 Å². The minimum Gasteiger partial charge on any atom is -0.456 e. The molecule has 3 heteroatoms. The molecule has 64 heavy (non-hydrogen) atoms. The second kappa shape index (κ2) is 13.5. The SMILES string of the molecule is c1ccc(-c2ccc(N(c3ccc4c(c3)-c3ccccc3-c3ccccc3C43c4ccccc4-c4cc5sc6ccccc6c5cc43)c3ccc4oc5ccccc5c4c3)cc2)cc1. The van der Waals surface area contributed by atoms with E-state index in [9.17, 15) is 0 Å². The van der Waals surface area contributed by atoms with Gasteiger partial charge in [0.2, 0.25) is 0 Å². The number of hydrogen-bond acceptors (Lipinski definition) is 3. The van der Waals surface area contributed by atoms with Gasteiger partial charge in [0.1, 0.15) is 11.2 Å². The van der Waals surface area contributed by atoms with Crippen molar-refractivity contribution in [3.05, 3.63) is 247 Å². The van der Waals surface area contributed by atoms with Crippen LogP contribution in [0.1, 0.15) is 22.3 Å². The number of anilines is 3. The summed E-state index contributed by atoms with van der Waals surface area (Å²) in [6.07, 6.45) is 0. The highest BCUT2D eigenvalue weighted by Gasteiger charge is 2.50. The Balaban J connectivity index is 1.07. The van der Waals surface area contributed by atoms with E-state index in [1.807, 2.05) is 17.4 Å². The third-order valence-electron chi connectivity index (χ3n) is 13.9. The van der Waals surface area contributed by atoms with E-state index in [2.05, 4.69) is 223 Å². The molecule has 10 aromatic carbocycles. The fourth-order valence-electron chi connectivity index (χ4n) is 11.2. The van der Waals surface area contributed by atoms with Gasteiger partial charge >= 0.3 is 0 Å². The normalized spacial score (nSPS) is 14.6. The Morgan fingerprint density at radius 1 is 0.312 bits per heavy atom. The fourth-order valence-corrected chi connectivity index (χ4v) is 12.3. The first-order valence-electron chi connectivity index (χ1n) is 22.0. The minimum absolute atomic E-state index is 0.594. The van der Waals surface area contributed by atoms with E-state index in [-0.39, 0.29) is 0 Å². The van der Waals surface area contributed by atoms with E-state index in [1.54, 1.807) is 0 Å². The highest BCUT2D eigenvalue weighted by atomic mass is 32.1. The second-order valence-corrected chi connectivity index (χ2v) is 18.2. The molecule has 2 nitrogen and oxygen atoms in total. The van der Waals surface area contributed by atoms with Crippen LogP contribution in [0.4, 0.5) is 17.1 Å². The van der Waals surface area contributed by atoms with E-state index in [1.165, 1.54) is 86.9 Å². The van der Waals surface area contributed by atoms with Crippen LogP contribution in [0.3, 0.4) is 0 Å². The van der Waals surface area contributed by atoms with E-state index in [0.29, 0.717) is 0 Å². The summed E-state index contributed by atoms with van der Waals surface area (Å²) in [6.45, 7) is 0. The maximum absolute atomic E-state index is 6.36. The molecular formula is C61H37NOS. The van der Waals surface area contributed by atoms with E-state index in [0.717, 1.165) is 39.0 Å². The number of nitrogens with zero attached hydrogens (tertiary/aromatic N) is 1. The molecular weight excluding hydrogens is 795 g/mol. The van der Waals surface area contributed by atoms with Crippen LogP contribution in [0, 0.1) is 0 Å². The number of benzene rings is 10. The number of fused-ring (bicyclic) bond motifs is 18. The molecule has 2 heterocycles. The fraction of sp³-hybridized carbons (Fsp3) is 0.0164. The Hall–Kier alpha value is -7.98. The smallest absolute Gasteiger partial charge is 0.135 e. The van der Waals surface area contributed by atoms with Crippen LogP contribution in [0.15, 0.2) is 229 Å². The maximum Gasteiger partial charge on any atom is 0.135 e. The van der Waals surface area contributed by atoms with Crippen LogP contribution < -0.4 is 4.90 Å². The van der Waals surface area contributed by atoms with Gasteiger partial charge in [-0.25, -0.2) is 0 Å². The predicted molar refractivity (Wildman–Crippen MR) is 268 cm³/mol. The summed E-state index contributed by atoms with van der Waals surface area (Å²) >= 11 is 1.89. The number of rotatable bonds is 4. The topological polar surface area (TPSA) is 16.4 Å². The molecule has 14 rings (SSSR count). The van der Waals surface area contributed by atoms with Gasteiger partial charge in [-0.15, -0.1) is 11.3 Å². The van der Waals surface area contributed by atoms with Crippen LogP contribution in [0.25, 0.3) is 86.6 Å². The van der Waals surface area contributed by atoms with Crippen molar-refractivity contribution in [3.63, 3.8) is 0 Å². The second-order valence-electron chi connectivity index (χ2n) is 17.1. The van der Waals surface area contributed by atoms with Gasteiger partial charge in [0.25, 0.3) is 0 Å². The summed E-state index contributed by atoms with van der Waals surface area (Å²) in [5.41, 5.74) is 19.6. The molecule has 0 amide bonds. The van der Waals surface area contributed by atoms with Crippen molar-refractivity contribution in [2.75, 3.05) is 4.90 Å². The van der Waals surface area contributed by atoms with E-state index >= 15 is 0 Å². The molecule has 0 bridgehead atoms. The van der Waals surface area contributed by atoms with E-state index in [4.69, 9.17) is 4.42 Å². The Bertz CT molecular complexity index is 3860. The lowest BCUT2D eigenvalue weighted by atomic mass is 9.65. The summed E-state index contributed by atoms with van der Waals surface area (Å²) in [5, 5.41) is 4.84. The van der Waals surface area contributed by atoms with Crippen molar-refractivity contribution in [2.24, 2.45) is 0 Å². The number of thiophene rings is 1. The Morgan fingerprint density at radius 3 is 1.66 bits per heavy atom. The van der Waals surface area contributed by atoms with Gasteiger partial charge in [-0.2, -0.15) is 0 Å². The van der Waals surface area contributed by atoms with Crippen LogP contribution in [0.5, 0.6) is 0 Å². The lowest BCUT2D eigenvalue weighted by Gasteiger charge is -2.36. The zero-order chi connectivity index (χ0) is 41.9. The molecule has 1 unspecified atom stereocenters. The van der Waals surface area contributed by atoms with Gasteiger partial charge in [0.05, 0.1) is 5.41 Å². The van der Waals surface area contributed by atoms with Crippen molar-refractivity contribution >= 4 is 70.5 Å². The first-order chi connectivity index (χ1) is 31.7. The van der Waals surface area contributed by atoms with Gasteiger partial charge in [-0.05, 0) is 133 Å². The lowest BCUT2D eigenvalue weighted by Crippen LogP contribution is -2.29. The van der Waals surface area contributed by atoms with Gasteiger partial charge in [0, 0.05) is 48.0 Å². The van der Waals surface area contributed by atoms with Gasteiger partial charge in [-0.1, -0.05) is 158 Å². The lowest BCUT2D eigenvalue weighted by molar-refractivity contribution is 0.669. The molecule has 2 aromatic heterocycles. The summed E-state index contributed by atoms with van der Waals surface area (Å²) < 4.78 is 9.00. The first kappa shape index (κ1) is 35.6. The Kier molecular flexibility index (Phi) is 7.51. The molecule has 2 aliphatic carbocycles. The average Bonchev–Trinajstić information content (AvgIpc) is 3.99. The third kappa shape index (κ3) is 4.96. The third-order valence-corrected chi connectivity index (χ3v) is 15.0. The van der Waals surface area contributed by atoms with Crippen molar-refractivity contribution < 1.29 is 4.42 Å². The van der Waals surface area contributed by atoms with Crippen LogP contribution in [0.2, 0.25) is 0 Å². The van der Waals surface area contributed by atoms with Crippen LogP contribution in [-0.2, 0) is 5.41 Å². The number of hydrogen-bond donors (Lipinski definition) is 0. The van der Waals surface area contributed by atoms with Crippen molar-refractivity contribution in [1.29, 1.82) is 0 Å². The Labute approximate surface area is 374 Å². The highest BCUT2D eigenvalue weighted by Crippen LogP contribution is 2.63. The quantitative estimate of drug-likeness (QED) is 0.176. The van der Waals surface area contributed by atoms with Crippen LogP contribution >= 0.6 is 11.3 Å². The van der Waals surface area contributed by atoms with Gasteiger partial charge in [-0.3, -0.25) is 0 Å². The molecule has 0 saturated heterocycles. The van der Waals surface area contributed by atoms with Crippen molar-refractivity contribution in [1.82, 2.24) is 0 Å². The summed E-state index contributed by atoms with van der Waals surface area (Å²) in [5.74, 6) is 0. The highest BCUT2D eigenvalue weighted by molar-refractivity contribution is 7.25. The first-order valence-corrected chi connectivity index (χ1v) is 22.8. The largest absolute Gasteiger partial charge is 0.456 e. The average molecular weight is 832 g/mol. The molecule has 1 spiro atoms. The maximum atomic E-state index is 6.36. The summed E-state index contributed by atoms with van der Waals surface area (Å²) in [4.78, 5) is 2.42. The molecule has 1 atom stereocenters. The molecule has 0 saturated carbocycles. The standard InChI is InChI=1S/C61H37NOS/c1-2-14-38(15-3-1)39-26-28-40(29-27-39)62(42-31-33-58-51(35-42)47-20-8-12-24-57(47)63-58)41-30-32-55-49(34-41)44-17-5-4-16-43(44)45-18-6-10-22-53(45)61(55)54-23-11-7-19-46(54)50-37-60-52(36-56(50)61)48-21-9-13-25-59(48)64-60/h1-37H. The van der Waals surface area contributed by atoms with Crippen LogP contribution in [-0.4, -0.2) is 0 Å². The molecule has 0 N–H and O–H groups in total.